The molecule has 7 nitrogen and oxygen atoms in total. The number of amides is 1. The van der Waals surface area contributed by atoms with Crippen molar-refractivity contribution >= 4 is 15.9 Å². The van der Waals surface area contributed by atoms with Gasteiger partial charge in [0.15, 0.2) is 0 Å². The third kappa shape index (κ3) is 5.75. The Hall–Kier alpha value is -2.42. The Kier molecular flexibility index (Phi) is 7.67. The normalized spacial score (nSPS) is 20.9. The van der Waals surface area contributed by atoms with Gasteiger partial charge in [0.2, 0.25) is 15.9 Å². The molecule has 2 aliphatic heterocycles. The minimum atomic E-state index is -3.69. The number of ether oxygens (including phenoxy) is 1. The van der Waals surface area contributed by atoms with Gasteiger partial charge in [-0.2, -0.15) is 4.31 Å². The molecule has 1 N–H and O–H groups in total. The van der Waals surface area contributed by atoms with Crippen molar-refractivity contribution in [3.63, 3.8) is 0 Å². The largest absolute Gasteiger partial charge is 0.497 e. The van der Waals surface area contributed by atoms with Gasteiger partial charge in [-0.1, -0.05) is 36.8 Å². The Morgan fingerprint density at radius 3 is 2.48 bits per heavy atom. The van der Waals surface area contributed by atoms with Crippen LogP contribution in [0.1, 0.15) is 37.7 Å². The first kappa shape index (κ1) is 23.7. The lowest BCUT2D eigenvalue weighted by Crippen LogP contribution is -2.55. The summed E-state index contributed by atoms with van der Waals surface area (Å²) < 4.78 is 33.1. The van der Waals surface area contributed by atoms with Crippen LogP contribution < -0.4 is 10.1 Å². The van der Waals surface area contributed by atoms with E-state index in [1.807, 2.05) is 12.1 Å². The van der Waals surface area contributed by atoms with E-state index in [9.17, 15) is 13.2 Å². The van der Waals surface area contributed by atoms with Crippen LogP contribution in [0.15, 0.2) is 59.5 Å². The molecule has 1 unspecified atom stereocenters. The number of carbonyl (C=O) groups excluding carboxylic acids is 1. The number of sulfonamides is 1. The SMILES string of the molecule is COc1cccc(CN2CCC(NC(=O)C3CCCCN3S(=O)(=O)c3ccccc3)CC2)c1. The summed E-state index contributed by atoms with van der Waals surface area (Å²) in [5.74, 6) is 0.692. The fourth-order valence-corrected chi connectivity index (χ4v) is 6.42. The third-order valence-electron chi connectivity index (χ3n) is 6.58. The van der Waals surface area contributed by atoms with Crippen LogP contribution in [-0.4, -0.2) is 62.4 Å². The summed E-state index contributed by atoms with van der Waals surface area (Å²) in [6, 6.07) is 15.9. The lowest BCUT2D eigenvalue weighted by atomic mass is 10.0. The van der Waals surface area contributed by atoms with Crippen molar-refractivity contribution in [3.05, 3.63) is 60.2 Å². The van der Waals surface area contributed by atoms with E-state index in [1.165, 1.54) is 9.87 Å². The van der Waals surface area contributed by atoms with Gasteiger partial charge < -0.3 is 10.1 Å². The minimum Gasteiger partial charge on any atom is -0.497 e. The summed E-state index contributed by atoms with van der Waals surface area (Å²) in [7, 11) is -2.02. The molecule has 1 amide bonds. The number of likely N-dealkylation sites (tertiary alicyclic amines) is 1. The summed E-state index contributed by atoms with van der Waals surface area (Å²) in [6.45, 7) is 3.01. The lowest BCUT2D eigenvalue weighted by molar-refractivity contribution is -0.126. The van der Waals surface area contributed by atoms with Crippen molar-refractivity contribution in [2.45, 2.75) is 55.6 Å². The quantitative estimate of drug-likeness (QED) is 0.672. The monoisotopic (exact) mass is 471 g/mol. The van der Waals surface area contributed by atoms with Crippen molar-refractivity contribution < 1.29 is 17.9 Å². The Bertz CT molecular complexity index is 1040. The number of rotatable bonds is 7. The van der Waals surface area contributed by atoms with Crippen molar-refractivity contribution in [1.82, 2.24) is 14.5 Å². The molecule has 1 atom stereocenters. The van der Waals surface area contributed by atoms with Crippen LogP contribution in [0, 0.1) is 0 Å². The van der Waals surface area contributed by atoms with Gasteiger partial charge in [-0.3, -0.25) is 9.69 Å². The average molecular weight is 472 g/mol. The zero-order valence-electron chi connectivity index (χ0n) is 19.2. The summed E-state index contributed by atoms with van der Waals surface area (Å²) in [4.78, 5) is 15.8. The van der Waals surface area contributed by atoms with Gasteiger partial charge in [0.05, 0.1) is 12.0 Å². The fourth-order valence-electron chi connectivity index (χ4n) is 4.74. The van der Waals surface area contributed by atoms with Crippen molar-refractivity contribution in [1.29, 1.82) is 0 Å². The molecule has 33 heavy (non-hydrogen) atoms. The van der Waals surface area contributed by atoms with E-state index in [0.29, 0.717) is 13.0 Å². The molecule has 0 bridgehead atoms. The van der Waals surface area contributed by atoms with Gasteiger partial charge in [0.25, 0.3) is 0 Å². The van der Waals surface area contributed by atoms with E-state index in [1.54, 1.807) is 37.4 Å². The number of methoxy groups -OCH3 is 1. The van der Waals surface area contributed by atoms with Gasteiger partial charge in [-0.05, 0) is 55.5 Å². The molecule has 0 aromatic heterocycles. The average Bonchev–Trinajstić information content (AvgIpc) is 2.86. The molecular formula is C25H33N3O4S. The molecule has 4 rings (SSSR count). The van der Waals surface area contributed by atoms with Crippen molar-refractivity contribution in [2.24, 2.45) is 0 Å². The highest BCUT2D eigenvalue weighted by atomic mass is 32.2. The standard InChI is InChI=1S/C25H33N3O4S/c1-32-22-9-7-8-20(18-22)19-27-16-13-21(14-17-27)26-25(29)24-12-5-6-15-28(24)33(30,31)23-10-3-2-4-11-23/h2-4,7-11,18,21,24H,5-6,12-17,19H2,1H3,(H,26,29). The topological polar surface area (TPSA) is 79.0 Å². The molecule has 0 aliphatic carbocycles. The molecule has 0 spiro atoms. The van der Waals surface area contributed by atoms with Crippen LogP contribution in [-0.2, 0) is 21.4 Å². The highest BCUT2D eigenvalue weighted by Crippen LogP contribution is 2.26. The summed E-state index contributed by atoms with van der Waals surface area (Å²) in [5, 5.41) is 3.15. The summed E-state index contributed by atoms with van der Waals surface area (Å²) in [5.41, 5.74) is 1.21. The van der Waals surface area contributed by atoms with Crippen LogP contribution >= 0.6 is 0 Å². The van der Waals surface area contributed by atoms with Crippen LogP contribution in [0.5, 0.6) is 5.75 Å². The van der Waals surface area contributed by atoms with Crippen LogP contribution in [0.3, 0.4) is 0 Å². The maximum Gasteiger partial charge on any atom is 0.243 e. The van der Waals surface area contributed by atoms with E-state index in [0.717, 1.165) is 51.1 Å². The second-order valence-corrected chi connectivity index (χ2v) is 10.7. The van der Waals surface area contributed by atoms with E-state index >= 15 is 0 Å². The molecule has 178 valence electrons. The summed E-state index contributed by atoms with van der Waals surface area (Å²) >= 11 is 0. The molecule has 2 aliphatic rings. The smallest absolute Gasteiger partial charge is 0.243 e. The molecule has 8 heteroatoms. The zero-order valence-corrected chi connectivity index (χ0v) is 20.0. The minimum absolute atomic E-state index is 0.0715. The number of carbonyl (C=O) groups is 1. The lowest BCUT2D eigenvalue weighted by Gasteiger charge is -2.36. The van der Waals surface area contributed by atoms with Crippen LogP contribution in [0.25, 0.3) is 0 Å². The van der Waals surface area contributed by atoms with Crippen molar-refractivity contribution in [3.8, 4) is 5.75 Å². The van der Waals surface area contributed by atoms with Gasteiger partial charge in [-0.25, -0.2) is 8.42 Å². The van der Waals surface area contributed by atoms with Gasteiger partial charge in [0.1, 0.15) is 11.8 Å². The van der Waals surface area contributed by atoms with Crippen molar-refractivity contribution in [2.75, 3.05) is 26.7 Å². The van der Waals surface area contributed by atoms with Crippen LogP contribution in [0.4, 0.5) is 0 Å². The van der Waals surface area contributed by atoms with E-state index in [2.05, 4.69) is 22.3 Å². The first-order valence-corrected chi connectivity index (χ1v) is 13.1. The van der Waals surface area contributed by atoms with E-state index in [-0.39, 0.29) is 16.8 Å². The maximum absolute atomic E-state index is 13.2. The van der Waals surface area contributed by atoms with Crippen LogP contribution in [0.2, 0.25) is 0 Å². The Morgan fingerprint density at radius 1 is 1.00 bits per heavy atom. The molecule has 2 fully saturated rings. The number of nitrogens with zero attached hydrogens (tertiary/aromatic N) is 2. The maximum atomic E-state index is 13.2. The van der Waals surface area contributed by atoms with Gasteiger partial charge in [-0.15, -0.1) is 0 Å². The Labute approximate surface area is 196 Å². The third-order valence-corrected chi connectivity index (χ3v) is 8.50. The highest BCUT2D eigenvalue weighted by molar-refractivity contribution is 7.89. The number of hydrogen-bond acceptors (Lipinski definition) is 5. The Morgan fingerprint density at radius 2 is 1.76 bits per heavy atom. The molecule has 2 heterocycles. The number of hydrogen-bond donors (Lipinski definition) is 1. The first-order chi connectivity index (χ1) is 16.0. The van der Waals surface area contributed by atoms with Gasteiger partial charge in [0, 0.05) is 32.2 Å². The molecule has 2 aromatic rings. The highest BCUT2D eigenvalue weighted by Gasteiger charge is 2.38. The first-order valence-electron chi connectivity index (χ1n) is 11.7. The molecule has 2 aromatic carbocycles. The summed E-state index contributed by atoms with van der Waals surface area (Å²) in [6.07, 6.45) is 3.91. The molecule has 2 saturated heterocycles. The number of benzene rings is 2. The fraction of sp³-hybridized carbons (Fsp3) is 0.480. The second-order valence-electron chi connectivity index (χ2n) is 8.85. The predicted molar refractivity (Wildman–Crippen MR) is 127 cm³/mol. The second kappa shape index (κ2) is 10.7. The zero-order chi connectivity index (χ0) is 23.3. The molecular weight excluding hydrogens is 438 g/mol. The number of piperidine rings is 2. The number of nitrogens with one attached hydrogen (secondary N) is 1. The van der Waals surface area contributed by atoms with Gasteiger partial charge >= 0.3 is 0 Å². The Balaban J connectivity index is 1.34. The van der Waals surface area contributed by atoms with E-state index < -0.39 is 16.1 Å². The molecule has 0 radical (unpaired) electrons. The van der Waals surface area contributed by atoms with E-state index in [4.69, 9.17) is 4.74 Å². The molecule has 0 saturated carbocycles. The predicted octanol–water partition coefficient (Wildman–Crippen LogP) is 3.02.